The Bertz CT molecular complexity index is 1130. The van der Waals surface area contributed by atoms with Crippen LogP contribution in [0, 0.1) is 0 Å². The van der Waals surface area contributed by atoms with Crippen molar-refractivity contribution >= 4 is 27.7 Å². The normalized spacial score (nSPS) is 15.3. The summed E-state index contributed by atoms with van der Waals surface area (Å²) in [4.78, 5) is 39.8. The van der Waals surface area contributed by atoms with Crippen LogP contribution in [0.1, 0.15) is 43.1 Å². The van der Waals surface area contributed by atoms with E-state index in [1.54, 1.807) is 19.1 Å². The minimum Gasteiger partial charge on any atom is -0.352 e. The van der Waals surface area contributed by atoms with Gasteiger partial charge in [0, 0.05) is 25.6 Å². The molecule has 3 amide bonds. The van der Waals surface area contributed by atoms with E-state index < -0.39 is 27.9 Å². The molecule has 1 aliphatic heterocycles. The van der Waals surface area contributed by atoms with Gasteiger partial charge in [-0.3, -0.25) is 14.4 Å². The lowest BCUT2D eigenvalue weighted by Crippen LogP contribution is -2.50. The largest absolute Gasteiger partial charge is 0.352 e. The number of nitrogens with zero attached hydrogens (tertiary/aromatic N) is 2. The average Bonchev–Trinajstić information content (AvgIpc) is 2.98. The van der Waals surface area contributed by atoms with Crippen LogP contribution in [0.3, 0.4) is 0 Å². The van der Waals surface area contributed by atoms with E-state index in [0.717, 1.165) is 9.87 Å². The van der Waals surface area contributed by atoms with Crippen molar-refractivity contribution in [3.63, 3.8) is 0 Å². The molecule has 0 bridgehead atoms. The van der Waals surface area contributed by atoms with Gasteiger partial charge in [-0.1, -0.05) is 42.5 Å². The van der Waals surface area contributed by atoms with Crippen molar-refractivity contribution in [3.05, 3.63) is 65.7 Å². The first-order valence-electron chi connectivity index (χ1n) is 10.9. The molecule has 1 N–H and O–H groups in total. The molecule has 0 aliphatic carbocycles. The first-order valence-corrected chi connectivity index (χ1v) is 12.4. The van der Waals surface area contributed by atoms with Gasteiger partial charge in [0.05, 0.1) is 5.56 Å². The number of carbonyl (C=O) groups excluding carboxylic acids is 3. The van der Waals surface area contributed by atoms with Crippen molar-refractivity contribution < 1.29 is 22.8 Å². The van der Waals surface area contributed by atoms with Gasteiger partial charge in [0.15, 0.2) is 0 Å². The maximum absolute atomic E-state index is 13.2. The molecule has 1 unspecified atom stereocenters. The summed E-state index contributed by atoms with van der Waals surface area (Å²) in [6, 6.07) is 14.7. The minimum absolute atomic E-state index is 0.0481. The lowest BCUT2D eigenvalue weighted by Gasteiger charge is -2.30. The summed E-state index contributed by atoms with van der Waals surface area (Å²) in [6.07, 6.45) is 0.325. The van der Waals surface area contributed by atoms with E-state index in [9.17, 15) is 22.8 Å². The number of amides is 3. The number of fused-ring (bicyclic) bond motifs is 1. The molecule has 0 radical (unpaired) electrons. The van der Waals surface area contributed by atoms with Crippen LogP contribution in [0.2, 0.25) is 0 Å². The third-order valence-electron chi connectivity index (χ3n) is 5.52. The maximum atomic E-state index is 13.2. The van der Waals surface area contributed by atoms with E-state index in [1.807, 2.05) is 44.2 Å². The Kier molecular flexibility index (Phi) is 7.53. The molecule has 1 heterocycles. The highest BCUT2D eigenvalue weighted by molar-refractivity contribution is 7.90. The van der Waals surface area contributed by atoms with Gasteiger partial charge in [-0.15, -0.1) is 0 Å². The van der Waals surface area contributed by atoms with Crippen LogP contribution in [-0.4, -0.2) is 60.5 Å². The lowest BCUT2D eigenvalue weighted by atomic mass is 10.1. The minimum atomic E-state index is -3.99. The van der Waals surface area contributed by atoms with Crippen LogP contribution < -0.4 is 5.32 Å². The van der Waals surface area contributed by atoms with E-state index in [-0.39, 0.29) is 41.9 Å². The summed E-state index contributed by atoms with van der Waals surface area (Å²) in [6.45, 7) is 5.32. The molecule has 0 spiro atoms. The molecule has 2 aromatic rings. The monoisotopic (exact) mass is 471 g/mol. The zero-order valence-electron chi connectivity index (χ0n) is 19.0. The predicted molar refractivity (Wildman–Crippen MR) is 124 cm³/mol. The molecule has 2 aromatic carbocycles. The molecular weight excluding hydrogens is 442 g/mol. The molecule has 176 valence electrons. The Labute approximate surface area is 194 Å². The molecule has 1 atom stereocenters. The summed E-state index contributed by atoms with van der Waals surface area (Å²) in [5.41, 5.74) is 1.12. The molecule has 9 heteroatoms. The molecule has 0 aromatic heterocycles. The second kappa shape index (κ2) is 10.2. The van der Waals surface area contributed by atoms with Crippen molar-refractivity contribution in [3.8, 4) is 0 Å². The molecule has 33 heavy (non-hydrogen) atoms. The van der Waals surface area contributed by atoms with Gasteiger partial charge in [0.25, 0.3) is 15.9 Å². The number of carbonyl (C=O) groups is 3. The van der Waals surface area contributed by atoms with E-state index in [4.69, 9.17) is 0 Å². The SMILES string of the molecule is CC(C)NC(=O)C(C)N(CCc1ccccc1)C(=O)CCN1C(=O)c2ccccc2S1(=O)=O. The highest BCUT2D eigenvalue weighted by atomic mass is 32.2. The zero-order valence-corrected chi connectivity index (χ0v) is 19.8. The smallest absolute Gasteiger partial charge is 0.269 e. The van der Waals surface area contributed by atoms with E-state index in [2.05, 4.69) is 5.32 Å². The molecule has 0 saturated carbocycles. The molecule has 3 rings (SSSR count). The highest BCUT2D eigenvalue weighted by Crippen LogP contribution is 2.30. The molecule has 0 saturated heterocycles. The maximum Gasteiger partial charge on any atom is 0.269 e. The fourth-order valence-electron chi connectivity index (χ4n) is 3.77. The summed E-state index contributed by atoms with van der Waals surface area (Å²) in [5, 5.41) is 2.81. The summed E-state index contributed by atoms with van der Waals surface area (Å²) in [7, 11) is -3.99. The summed E-state index contributed by atoms with van der Waals surface area (Å²) >= 11 is 0. The van der Waals surface area contributed by atoms with Crippen LogP contribution in [0.15, 0.2) is 59.5 Å². The molecule has 8 nitrogen and oxygen atoms in total. The van der Waals surface area contributed by atoms with Crippen LogP contribution in [0.4, 0.5) is 0 Å². The van der Waals surface area contributed by atoms with Crippen molar-refractivity contribution in [1.29, 1.82) is 0 Å². The van der Waals surface area contributed by atoms with Crippen LogP contribution in [0.25, 0.3) is 0 Å². The fourth-order valence-corrected chi connectivity index (χ4v) is 5.34. The molecular formula is C24H29N3O5S. The molecule has 1 aliphatic rings. The Balaban J connectivity index is 1.74. The van der Waals surface area contributed by atoms with E-state index in [1.165, 1.54) is 17.0 Å². The summed E-state index contributed by atoms with van der Waals surface area (Å²) < 4.78 is 26.3. The van der Waals surface area contributed by atoms with Crippen molar-refractivity contribution in [2.75, 3.05) is 13.1 Å². The fraction of sp³-hybridized carbons (Fsp3) is 0.375. The van der Waals surface area contributed by atoms with Crippen LogP contribution >= 0.6 is 0 Å². The topological polar surface area (TPSA) is 104 Å². The average molecular weight is 472 g/mol. The Hall–Kier alpha value is -3.20. The van der Waals surface area contributed by atoms with Gasteiger partial charge in [-0.2, -0.15) is 0 Å². The standard InChI is InChI=1S/C24H29N3O5S/c1-17(2)25-23(29)18(3)26(15-13-19-9-5-4-6-10-19)22(28)14-16-27-24(30)20-11-7-8-12-21(20)33(27,31)32/h4-12,17-18H,13-16H2,1-3H3,(H,25,29). The number of rotatable bonds is 9. The Morgan fingerprint density at radius 2 is 1.64 bits per heavy atom. The van der Waals surface area contributed by atoms with Gasteiger partial charge < -0.3 is 10.2 Å². The Morgan fingerprint density at radius 1 is 1.00 bits per heavy atom. The van der Waals surface area contributed by atoms with Crippen LogP contribution in [-0.2, 0) is 26.0 Å². The number of hydrogen-bond donors (Lipinski definition) is 1. The van der Waals surface area contributed by atoms with Gasteiger partial charge in [0.1, 0.15) is 10.9 Å². The lowest BCUT2D eigenvalue weighted by molar-refractivity contribution is -0.140. The van der Waals surface area contributed by atoms with E-state index >= 15 is 0 Å². The second-order valence-corrected chi connectivity index (χ2v) is 10.1. The molecule has 0 fully saturated rings. The third kappa shape index (κ3) is 5.42. The van der Waals surface area contributed by atoms with E-state index in [0.29, 0.717) is 6.42 Å². The van der Waals surface area contributed by atoms with Gasteiger partial charge in [-0.25, -0.2) is 12.7 Å². The first-order chi connectivity index (χ1) is 15.6. The zero-order chi connectivity index (χ0) is 24.2. The second-order valence-electron chi connectivity index (χ2n) is 8.29. The quantitative estimate of drug-likeness (QED) is 0.604. The number of hydrogen-bond acceptors (Lipinski definition) is 5. The van der Waals surface area contributed by atoms with Gasteiger partial charge in [-0.05, 0) is 44.9 Å². The third-order valence-corrected chi connectivity index (χ3v) is 7.36. The first kappa shape index (κ1) is 24.4. The number of benzene rings is 2. The van der Waals surface area contributed by atoms with Gasteiger partial charge >= 0.3 is 0 Å². The number of nitrogens with one attached hydrogen (secondary N) is 1. The Morgan fingerprint density at radius 3 is 2.27 bits per heavy atom. The van der Waals surface area contributed by atoms with Gasteiger partial charge in [0.2, 0.25) is 11.8 Å². The predicted octanol–water partition coefficient (Wildman–Crippen LogP) is 2.21. The summed E-state index contributed by atoms with van der Waals surface area (Å²) in [5.74, 6) is -1.32. The number of sulfonamides is 1. The highest BCUT2D eigenvalue weighted by Gasteiger charge is 2.41. The van der Waals surface area contributed by atoms with Crippen LogP contribution in [0.5, 0.6) is 0 Å². The van der Waals surface area contributed by atoms with Crippen molar-refractivity contribution in [1.82, 2.24) is 14.5 Å². The van der Waals surface area contributed by atoms with Crippen molar-refractivity contribution in [2.45, 2.75) is 50.6 Å². The van der Waals surface area contributed by atoms with Crippen molar-refractivity contribution in [2.24, 2.45) is 0 Å².